The van der Waals surface area contributed by atoms with E-state index in [1.807, 2.05) is 34.9 Å². The number of para-hydroxylation sites is 1. The van der Waals surface area contributed by atoms with Gasteiger partial charge in [0.15, 0.2) is 0 Å². The number of alkyl halides is 3. The summed E-state index contributed by atoms with van der Waals surface area (Å²) in [6, 6.07) is 18.5. The maximum Gasteiger partial charge on any atom is 0.416 e. The average Bonchev–Trinajstić information content (AvgIpc) is 3.15. The first kappa shape index (κ1) is 19.5. The van der Waals surface area contributed by atoms with Crippen LogP contribution in [-0.4, -0.2) is 15.4 Å². The van der Waals surface area contributed by atoms with Crippen molar-refractivity contribution in [3.8, 4) is 0 Å². The standard InChI is InChI=1S/C22H17F3N4O/c23-22(24,25)16-7-6-8-17(13-16)27-21(30)29(18-9-2-1-3-10-18)15-19-14-26-20-11-4-5-12-28(19)20/h1-14H,15H2,(H,27,30). The molecule has 2 aromatic carbocycles. The van der Waals surface area contributed by atoms with Crippen molar-refractivity contribution < 1.29 is 18.0 Å². The van der Waals surface area contributed by atoms with Gasteiger partial charge in [0.05, 0.1) is 24.0 Å². The molecule has 2 amide bonds. The van der Waals surface area contributed by atoms with Crippen LogP contribution in [0.4, 0.5) is 29.3 Å². The van der Waals surface area contributed by atoms with E-state index < -0.39 is 17.8 Å². The van der Waals surface area contributed by atoms with Crippen LogP contribution in [0.5, 0.6) is 0 Å². The van der Waals surface area contributed by atoms with Crippen molar-refractivity contribution in [2.75, 3.05) is 10.2 Å². The second kappa shape index (κ2) is 7.90. The summed E-state index contributed by atoms with van der Waals surface area (Å²) in [5.41, 5.74) is 1.34. The van der Waals surface area contributed by atoms with Crippen LogP contribution < -0.4 is 10.2 Å². The summed E-state index contributed by atoms with van der Waals surface area (Å²) in [6.45, 7) is 0.181. The third kappa shape index (κ3) is 4.12. The predicted molar refractivity (Wildman–Crippen MR) is 108 cm³/mol. The Balaban J connectivity index is 1.64. The van der Waals surface area contributed by atoms with Gasteiger partial charge in [0.1, 0.15) is 5.65 Å². The van der Waals surface area contributed by atoms with E-state index >= 15 is 0 Å². The number of nitrogens with zero attached hydrogens (tertiary/aromatic N) is 3. The first-order chi connectivity index (χ1) is 14.4. The lowest BCUT2D eigenvalue weighted by Gasteiger charge is -2.23. The number of nitrogens with one attached hydrogen (secondary N) is 1. The van der Waals surface area contributed by atoms with Crippen molar-refractivity contribution in [1.29, 1.82) is 0 Å². The summed E-state index contributed by atoms with van der Waals surface area (Å²) in [5.74, 6) is 0. The minimum atomic E-state index is -4.49. The molecule has 152 valence electrons. The van der Waals surface area contributed by atoms with Crippen molar-refractivity contribution in [3.63, 3.8) is 0 Å². The minimum Gasteiger partial charge on any atom is -0.308 e. The molecular weight excluding hydrogens is 393 g/mol. The van der Waals surface area contributed by atoms with Crippen molar-refractivity contribution in [2.24, 2.45) is 0 Å². The minimum absolute atomic E-state index is 0.0638. The SMILES string of the molecule is O=C(Nc1cccc(C(F)(F)F)c1)N(Cc1cnc2ccccn12)c1ccccc1. The number of anilines is 2. The van der Waals surface area contributed by atoms with E-state index in [1.165, 1.54) is 17.0 Å². The Bertz CT molecular complexity index is 1170. The van der Waals surface area contributed by atoms with Gasteiger partial charge in [-0.05, 0) is 42.5 Å². The highest BCUT2D eigenvalue weighted by Crippen LogP contribution is 2.31. The fraction of sp³-hybridized carbons (Fsp3) is 0.0909. The molecule has 2 heterocycles. The largest absolute Gasteiger partial charge is 0.416 e. The number of aromatic nitrogens is 2. The molecule has 0 aliphatic heterocycles. The van der Waals surface area contributed by atoms with Gasteiger partial charge in [-0.15, -0.1) is 0 Å². The lowest BCUT2D eigenvalue weighted by Crippen LogP contribution is -2.35. The monoisotopic (exact) mass is 410 g/mol. The number of hydrogen-bond acceptors (Lipinski definition) is 2. The van der Waals surface area contributed by atoms with E-state index in [-0.39, 0.29) is 12.2 Å². The Hall–Kier alpha value is -3.81. The Labute approximate surface area is 170 Å². The van der Waals surface area contributed by atoms with Gasteiger partial charge >= 0.3 is 12.2 Å². The van der Waals surface area contributed by atoms with Gasteiger partial charge in [0.2, 0.25) is 0 Å². The van der Waals surface area contributed by atoms with E-state index in [1.54, 1.807) is 30.5 Å². The number of fused-ring (bicyclic) bond motifs is 1. The molecule has 0 bridgehead atoms. The highest BCUT2D eigenvalue weighted by Gasteiger charge is 2.30. The number of hydrogen-bond donors (Lipinski definition) is 1. The van der Waals surface area contributed by atoms with Gasteiger partial charge in [-0.25, -0.2) is 9.78 Å². The van der Waals surface area contributed by atoms with E-state index in [9.17, 15) is 18.0 Å². The fourth-order valence-electron chi connectivity index (χ4n) is 3.12. The number of benzene rings is 2. The van der Waals surface area contributed by atoms with Crippen LogP contribution in [0, 0.1) is 0 Å². The topological polar surface area (TPSA) is 49.6 Å². The summed E-state index contributed by atoms with van der Waals surface area (Å²) in [4.78, 5) is 18.8. The first-order valence-electron chi connectivity index (χ1n) is 9.13. The van der Waals surface area contributed by atoms with Gasteiger partial charge in [0.25, 0.3) is 0 Å². The highest BCUT2D eigenvalue weighted by atomic mass is 19.4. The lowest BCUT2D eigenvalue weighted by molar-refractivity contribution is -0.137. The highest BCUT2D eigenvalue weighted by molar-refractivity contribution is 6.01. The van der Waals surface area contributed by atoms with Crippen LogP contribution in [-0.2, 0) is 12.7 Å². The van der Waals surface area contributed by atoms with Crippen LogP contribution in [0.15, 0.2) is 85.2 Å². The van der Waals surface area contributed by atoms with Gasteiger partial charge in [-0.2, -0.15) is 13.2 Å². The molecule has 5 nitrogen and oxygen atoms in total. The summed E-state index contributed by atoms with van der Waals surface area (Å²) >= 11 is 0. The molecule has 0 saturated carbocycles. The van der Waals surface area contributed by atoms with E-state index in [0.717, 1.165) is 23.5 Å². The van der Waals surface area contributed by atoms with E-state index in [2.05, 4.69) is 10.3 Å². The van der Waals surface area contributed by atoms with Crippen LogP contribution >= 0.6 is 0 Å². The van der Waals surface area contributed by atoms with Crippen molar-refractivity contribution in [2.45, 2.75) is 12.7 Å². The molecule has 4 aromatic rings. The number of urea groups is 1. The number of carbonyl (C=O) groups is 1. The molecule has 8 heteroatoms. The van der Waals surface area contributed by atoms with Gasteiger partial charge in [-0.3, -0.25) is 4.90 Å². The Morgan fingerprint density at radius 1 is 1.00 bits per heavy atom. The van der Waals surface area contributed by atoms with E-state index in [4.69, 9.17) is 0 Å². The van der Waals surface area contributed by atoms with Crippen molar-refractivity contribution in [3.05, 3.63) is 96.4 Å². The zero-order chi connectivity index (χ0) is 21.1. The molecule has 0 atom stereocenters. The molecule has 4 rings (SSSR count). The molecule has 0 saturated heterocycles. The third-order valence-corrected chi connectivity index (χ3v) is 4.57. The molecule has 0 aliphatic carbocycles. The predicted octanol–water partition coefficient (Wildman–Crippen LogP) is 5.59. The Morgan fingerprint density at radius 2 is 1.77 bits per heavy atom. The quantitative estimate of drug-likeness (QED) is 0.477. The molecule has 0 aliphatic rings. The normalized spacial score (nSPS) is 11.4. The number of pyridine rings is 1. The number of amides is 2. The number of imidazole rings is 1. The number of carbonyl (C=O) groups excluding carboxylic acids is 1. The molecule has 2 aromatic heterocycles. The Kier molecular flexibility index (Phi) is 5.14. The smallest absolute Gasteiger partial charge is 0.308 e. The maximum absolute atomic E-state index is 13.0. The Morgan fingerprint density at radius 3 is 2.53 bits per heavy atom. The summed E-state index contributed by atoms with van der Waals surface area (Å²) in [6.07, 6.45) is -0.981. The molecule has 30 heavy (non-hydrogen) atoms. The summed E-state index contributed by atoms with van der Waals surface area (Å²) in [7, 11) is 0. The number of rotatable bonds is 4. The molecule has 0 fully saturated rings. The lowest BCUT2D eigenvalue weighted by atomic mass is 10.2. The summed E-state index contributed by atoms with van der Waals surface area (Å²) < 4.78 is 40.8. The third-order valence-electron chi connectivity index (χ3n) is 4.57. The maximum atomic E-state index is 13.0. The van der Waals surface area contributed by atoms with Crippen LogP contribution in [0.3, 0.4) is 0 Å². The number of halogens is 3. The molecular formula is C22H17F3N4O. The molecule has 0 unspecified atom stereocenters. The first-order valence-corrected chi connectivity index (χ1v) is 9.13. The van der Waals surface area contributed by atoms with Crippen LogP contribution in [0.25, 0.3) is 5.65 Å². The molecule has 1 N–H and O–H groups in total. The van der Waals surface area contributed by atoms with Crippen molar-refractivity contribution in [1.82, 2.24) is 9.38 Å². The van der Waals surface area contributed by atoms with E-state index in [0.29, 0.717) is 5.69 Å². The van der Waals surface area contributed by atoms with Gasteiger partial charge in [0, 0.05) is 17.6 Å². The molecule has 0 radical (unpaired) electrons. The summed E-state index contributed by atoms with van der Waals surface area (Å²) in [5, 5.41) is 2.57. The molecule has 0 spiro atoms. The van der Waals surface area contributed by atoms with Crippen LogP contribution in [0.2, 0.25) is 0 Å². The second-order valence-corrected chi connectivity index (χ2v) is 6.61. The zero-order valence-corrected chi connectivity index (χ0v) is 15.7. The zero-order valence-electron chi connectivity index (χ0n) is 15.7. The second-order valence-electron chi connectivity index (χ2n) is 6.61. The van der Waals surface area contributed by atoms with Crippen molar-refractivity contribution >= 4 is 23.1 Å². The van der Waals surface area contributed by atoms with Gasteiger partial charge < -0.3 is 9.72 Å². The van der Waals surface area contributed by atoms with Gasteiger partial charge in [-0.1, -0.05) is 30.3 Å². The fourth-order valence-corrected chi connectivity index (χ4v) is 3.12. The van der Waals surface area contributed by atoms with Crippen LogP contribution in [0.1, 0.15) is 11.3 Å². The average molecular weight is 410 g/mol.